The third-order valence-electron chi connectivity index (χ3n) is 3.66. The lowest BCUT2D eigenvalue weighted by atomic mass is 10.1. The number of rotatable bonds is 5. The lowest BCUT2D eigenvalue weighted by Gasteiger charge is -2.15. The Morgan fingerprint density at radius 3 is 2.73 bits per heavy atom. The maximum Gasteiger partial charge on any atom is 0.302 e. The Bertz CT molecular complexity index is 594. The highest BCUT2D eigenvalue weighted by Crippen LogP contribution is 2.36. The van der Waals surface area contributed by atoms with E-state index >= 15 is 0 Å². The van der Waals surface area contributed by atoms with Gasteiger partial charge in [-0.3, -0.25) is 14.9 Å². The van der Waals surface area contributed by atoms with Crippen molar-refractivity contribution in [3.63, 3.8) is 0 Å². The fourth-order valence-corrected chi connectivity index (χ4v) is 2.94. The van der Waals surface area contributed by atoms with Crippen molar-refractivity contribution in [3.8, 4) is 0 Å². The van der Waals surface area contributed by atoms with Crippen LogP contribution in [0.5, 0.6) is 0 Å². The summed E-state index contributed by atoms with van der Waals surface area (Å²) in [5.74, 6) is -0.0280. The zero-order valence-corrected chi connectivity index (χ0v) is 13.5. The van der Waals surface area contributed by atoms with Crippen LogP contribution in [0.2, 0.25) is 10.0 Å². The average Bonchev–Trinajstić information content (AvgIpc) is 2.87. The molecular weight excluding hydrogens is 331 g/mol. The van der Waals surface area contributed by atoms with Crippen molar-refractivity contribution in [2.24, 2.45) is 5.92 Å². The molecule has 2 atom stereocenters. The number of carbonyl (C=O) groups is 1. The number of hydrogen-bond donors (Lipinski definition) is 1. The summed E-state index contributed by atoms with van der Waals surface area (Å²) in [5, 5.41) is 14.7. The highest BCUT2D eigenvalue weighted by molar-refractivity contribution is 6.42. The molecule has 1 N–H and O–H groups in total. The molecule has 1 aromatic carbocycles. The molecule has 0 saturated heterocycles. The van der Waals surface area contributed by atoms with Gasteiger partial charge < -0.3 is 10.1 Å². The number of nitrogens with zero attached hydrogens (tertiary/aromatic N) is 1. The largest absolute Gasteiger partial charge is 0.466 e. The number of anilines is 1. The highest BCUT2D eigenvalue weighted by Gasteiger charge is 2.27. The fourth-order valence-electron chi connectivity index (χ4n) is 2.62. The summed E-state index contributed by atoms with van der Waals surface area (Å²) < 4.78 is 5.01. The van der Waals surface area contributed by atoms with Crippen LogP contribution in [0, 0.1) is 16.0 Å². The number of halogens is 2. The molecule has 6 nitrogen and oxygen atoms in total. The first-order chi connectivity index (χ1) is 10.4. The summed E-state index contributed by atoms with van der Waals surface area (Å²) in [6.07, 6.45) is 2.54. The van der Waals surface area contributed by atoms with Crippen molar-refractivity contribution in [2.45, 2.75) is 32.2 Å². The van der Waals surface area contributed by atoms with Gasteiger partial charge in [-0.15, -0.1) is 0 Å². The molecule has 1 aliphatic carbocycles. The summed E-state index contributed by atoms with van der Waals surface area (Å²) in [7, 11) is 0. The van der Waals surface area contributed by atoms with Gasteiger partial charge in [0.2, 0.25) is 0 Å². The molecule has 22 heavy (non-hydrogen) atoms. The second-order valence-electron chi connectivity index (χ2n) is 5.36. The molecule has 1 fully saturated rings. The molecule has 0 bridgehead atoms. The van der Waals surface area contributed by atoms with E-state index in [9.17, 15) is 14.9 Å². The number of ether oxygens (including phenoxy) is 1. The van der Waals surface area contributed by atoms with Crippen molar-refractivity contribution in [3.05, 3.63) is 32.3 Å². The van der Waals surface area contributed by atoms with Gasteiger partial charge in [-0.25, -0.2) is 0 Å². The first-order valence-electron chi connectivity index (χ1n) is 6.90. The molecule has 1 aromatic rings. The highest BCUT2D eigenvalue weighted by atomic mass is 35.5. The predicted octanol–water partition coefficient (Wildman–Crippen LogP) is 4.05. The monoisotopic (exact) mass is 346 g/mol. The second-order valence-corrected chi connectivity index (χ2v) is 6.18. The van der Waals surface area contributed by atoms with Crippen molar-refractivity contribution in [1.82, 2.24) is 0 Å². The van der Waals surface area contributed by atoms with Crippen LogP contribution in [0.4, 0.5) is 11.4 Å². The molecule has 0 radical (unpaired) electrons. The molecule has 2 rings (SSSR count). The number of nitro benzene ring substituents is 1. The van der Waals surface area contributed by atoms with Crippen molar-refractivity contribution in [1.29, 1.82) is 0 Å². The molecule has 0 heterocycles. The van der Waals surface area contributed by atoms with Crippen molar-refractivity contribution < 1.29 is 14.5 Å². The normalized spacial score (nSPS) is 20.7. The van der Waals surface area contributed by atoms with Crippen molar-refractivity contribution in [2.75, 3.05) is 11.9 Å². The maximum atomic E-state index is 11.1. The summed E-state index contributed by atoms with van der Waals surface area (Å²) >= 11 is 11.8. The lowest BCUT2D eigenvalue weighted by Crippen LogP contribution is -2.18. The number of nitro groups is 1. The van der Waals surface area contributed by atoms with Gasteiger partial charge in [0.1, 0.15) is 5.69 Å². The topological polar surface area (TPSA) is 81.5 Å². The van der Waals surface area contributed by atoms with Crippen LogP contribution in [0.1, 0.15) is 26.2 Å². The molecule has 0 aromatic heterocycles. The van der Waals surface area contributed by atoms with Gasteiger partial charge in [-0.2, -0.15) is 0 Å². The number of carbonyl (C=O) groups excluding carboxylic acids is 1. The molecule has 1 saturated carbocycles. The van der Waals surface area contributed by atoms with E-state index in [4.69, 9.17) is 27.9 Å². The van der Waals surface area contributed by atoms with Gasteiger partial charge in [0.05, 0.1) is 21.6 Å². The quantitative estimate of drug-likeness (QED) is 0.494. The average molecular weight is 347 g/mol. The standard InChI is InChI=1S/C14H16Cl2N2O4/c1-8(19)22-7-9-2-3-10(4-9)17-13-5-11(15)12(16)6-14(13)18(20)21/h5-6,9-10,17H,2-4,7H2,1H3/t9-,10-/m1/s1. The summed E-state index contributed by atoms with van der Waals surface area (Å²) in [6, 6.07) is 2.80. The fraction of sp³-hybridized carbons (Fsp3) is 0.500. The zero-order chi connectivity index (χ0) is 16.3. The van der Waals surface area contributed by atoms with Crippen LogP contribution in [0.3, 0.4) is 0 Å². The zero-order valence-electron chi connectivity index (χ0n) is 12.0. The van der Waals surface area contributed by atoms with Gasteiger partial charge >= 0.3 is 5.97 Å². The third-order valence-corrected chi connectivity index (χ3v) is 4.38. The van der Waals surface area contributed by atoms with Gasteiger partial charge in [0, 0.05) is 19.0 Å². The Hall–Kier alpha value is -1.53. The number of benzene rings is 1. The Morgan fingerprint density at radius 2 is 2.09 bits per heavy atom. The van der Waals surface area contributed by atoms with E-state index in [2.05, 4.69) is 5.32 Å². The molecule has 1 aliphatic rings. The van der Waals surface area contributed by atoms with E-state index in [0.717, 1.165) is 19.3 Å². The minimum atomic E-state index is -0.490. The number of hydrogen-bond acceptors (Lipinski definition) is 5. The Morgan fingerprint density at radius 1 is 1.41 bits per heavy atom. The molecule has 0 unspecified atom stereocenters. The van der Waals surface area contributed by atoms with E-state index < -0.39 is 4.92 Å². The molecule has 120 valence electrons. The minimum Gasteiger partial charge on any atom is -0.466 e. The number of nitrogens with one attached hydrogen (secondary N) is 1. The Kier molecular flexibility index (Phi) is 5.47. The molecule has 8 heteroatoms. The van der Waals surface area contributed by atoms with Gasteiger partial charge in [-0.05, 0) is 31.2 Å². The lowest BCUT2D eigenvalue weighted by molar-refractivity contribution is -0.384. The van der Waals surface area contributed by atoms with Gasteiger partial charge in [-0.1, -0.05) is 23.2 Å². The van der Waals surface area contributed by atoms with Gasteiger partial charge in [0.15, 0.2) is 0 Å². The smallest absolute Gasteiger partial charge is 0.302 e. The summed E-state index contributed by atoms with van der Waals surface area (Å²) in [4.78, 5) is 21.4. The Balaban J connectivity index is 2.04. The summed E-state index contributed by atoms with van der Waals surface area (Å²) in [5.41, 5.74) is 0.260. The SMILES string of the molecule is CC(=O)OC[C@@H]1CC[C@@H](Nc2cc(Cl)c(Cl)cc2[N+](=O)[O-])C1. The first-order valence-corrected chi connectivity index (χ1v) is 7.65. The summed E-state index contributed by atoms with van der Waals surface area (Å²) in [6.45, 7) is 1.76. The van der Waals surface area contributed by atoms with Crippen LogP contribution < -0.4 is 5.32 Å². The van der Waals surface area contributed by atoms with E-state index in [-0.39, 0.29) is 33.7 Å². The van der Waals surface area contributed by atoms with E-state index in [1.807, 2.05) is 0 Å². The number of esters is 1. The predicted molar refractivity (Wildman–Crippen MR) is 84.5 cm³/mol. The molecule has 0 spiro atoms. The van der Waals surface area contributed by atoms with Crippen molar-refractivity contribution >= 4 is 40.5 Å². The molecule has 0 amide bonds. The van der Waals surface area contributed by atoms with Crippen LogP contribution in [0.25, 0.3) is 0 Å². The molecular formula is C14H16Cl2N2O4. The first kappa shape index (κ1) is 16.8. The van der Waals surface area contributed by atoms with E-state index in [1.165, 1.54) is 19.1 Å². The molecule has 0 aliphatic heterocycles. The van der Waals surface area contributed by atoms with E-state index in [0.29, 0.717) is 12.3 Å². The van der Waals surface area contributed by atoms with Crippen LogP contribution in [-0.2, 0) is 9.53 Å². The van der Waals surface area contributed by atoms with Crippen LogP contribution in [-0.4, -0.2) is 23.5 Å². The third kappa shape index (κ3) is 4.24. The maximum absolute atomic E-state index is 11.1. The van der Waals surface area contributed by atoms with Gasteiger partial charge in [0.25, 0.3) is 5.69 Å². The minimum absolute atomic E-state index is 0.0801. The van der Waals surface area contributed by atoms with Crippen LogP contribution >= 0.6 is 23.2 Å². The Labute approximate surface area is 137 Å². The van der Waals surface area contributed by atoms with E-state index in [1.54, 1.807) is 0 Å². The van der Waals surface area contributed by atoms with Crippen LogP contribution in [0.15, 0.2) is 12.1 Å². The second kappa shape index (κ2) is 7.15.